The van der Waals surface area contributed by atoms with E-state index >= 15 is 0 Å². The molecule has 0 saturated heterocycles. The van der Waals surface area contributed by atoms with Crippen LogP contribution in [0.5, 0.6) is 0 Å². The van der Waals surface area contributed by atoms with Crippen LogP contribution in [0.15, 0.2) is 11.4 Å². The van der Waals surface area contributed by atoms with E-state index in [9.17, 15) is 14.4 Å². The highest BCUT2D eigenvalue weighted by atomic mass is 32.1. The van der Waals surface area contributed by atoms with Crippen molar-refractivity contribution in [2.45, 2.75) is 0 Å². The molecule has 0 aliphatic carbocycles. The summed E-state index contributed by atoms with van der Waals surface area (Å²) in [6, 6.07) is 0.942. The van der Waals surface area contributed by atoms with Crippen molar-refractivity contribution in [3.8, 4) is 0 Å². The Hall–Kier alpha value is -2.09. The van der Waals surface area contributed by atoms with E-state index in [0.717, 1.165) is 11.3 Å². The number of rotatable bonds is 2. The van der Waals surface area contributed by atoms with Gasteiger partial charge in [-0.2, -0.15) is 0 Å². The average molecular weight is 243 g/mol. The highest BCUT2D eigenvalue weighted by Crippen LogP contribution is 2.23. The van der Waals surface area contributed by atoms with Gasteiger partial charge in [0.05, 0.1) is 5.56 Å². The van der Waals surface area contributed by atoms with Crippen molar-refractivity contribution in [3.63, 3.8) is 0 Å². The third kappa shape index (κ3) is 2.95. The fourth-order valence-electron chi connectivity index (χ4n) is 0.879. The van der Waals surface area contributed by atoms with E-state index in [1.807, 2.05) is 0 Å². The highest BCUT2D eigenvalue weighted by molar-refractivity contribution is 7.14. The topological polar surface area (TPSA) is 111 Å². The first kappa shape index (κ1) is 12.0. The van der Waals surface area contributed by atoms with E-state index in [-0.39, 0.29) is 10.6 Å². The number of carbonyl (C=O) groups excluding carboxylic acids is 3. The van der Waals surface area contributed by atoms with Crippen LogP contribution in [-0.4, -0.2) is 25.1 Å². The SMILES string of the molecule is CNC(=O)Nc1sccc1C(=O)OC(N)=O. The number of hydrogen-bond acceptors (Lipinski definition) is 5. The first-order valence-corrected chi connectivity index (χ1v) is 5.00. The third-order valence-electron chi connectivity index (χ3n) is 1.53. The normalized spacial score (nSPS) is 9.31. The first-order chi connectivity index (χ1) is 7.54. The molecule has 4 N–H and O–H groups in total. The van der Waals surface area contributed by atoms with Crippen LogP contribution < -0.4 is 16.4 Å². The van der Waals surface area contributed by atoms with Gasteiger partial charge in [0.2, 0.25) is 0 Å². The molecule has 0 saturated carbocycles. The second-order valence-electron chi connectivity index (χ2n) is 2.58. The van der Waals surface area contributed by atoms with E-state index in [0.29, 0.717) is 0 Å². The molecule has 1 rings (SSSR count). The molecule has 86 valence electrons. The van der Waals surface area contributed by atoms with Gasteiger partial charge in [-0.3, -0.25) is 5.32 Å². The summed E-state index contributed by atoms with van der Waals surface area (Å²) in [5.41, 5.74) is 4.77. The van der Waals surface area contributed by atoms with Crippen molar-refractivity contribution in [3.05, 3.63) is 17.0 Å². The lowest BCUT2D eigenvalue weighted by Crippen LogP contribution is -2.25. The number of hydrogen-bond donors (Lipinski definition) is 3. The van der Waals surface area contributed by atoms with Crippen molar-refractivity contribution < 1.29 is 19.1 Å². The molecule has 0 aromatic carbocycles. The summed E-state index contributed by atoms with van der Waals surface area (Å²) in [7, 11) is 1.43. The van der Waals surface area contributed by atoms with Crippen LogP contribution >= 0.6 is 11.3 Å². The number of carbonyl (C=O) groups is 3. The maximum absolute atomic E-state index is 11.3. The zero-order valence-corrected chi connectivity index (χ0v) is 9.09. The minimum Gasteiger partial charge on any atom is -0.373 e. The molecule has 0 atom stereocenters. The van der Waals surface area contributed by atoms with Crippen molar-refractivity contribution in [1.82, 2.24) is 5.32 Å². The molecule has 0 fully saturated rings. The number of urea groups is 1. The second kappa shape index (κ2) is 5.12. The van der Waals surface area contributed by atoms with Crippen molar-refractivity contribution in [1.29, 1.82) is 0 Å². The number of nitrogens with one attached hydrogen (secondary N) is 2. The summed E-state index contributed by atoms with van der Waals surface area (Å²) in [5.74, 6) is -0.903. The Morgan fingerprint density at radius 3 is 2.69 bits per heavy atom. The number of thiophene rings is 1. The Labute approximate surface area is 94.6 Å². The maximum atomic E-state index is 11.3. The van der Waals surface area contributed by atoms with Crippen LogP contribution in [0.3, 0.4) is 0 Å². The van der Waals surface area contributed by atoms with Gasteiger partial charge in [0.25, 0.3) is 0 Å². The Bertz CT molecular complexity index is 429. The number of ether oxygens (including phenoxy) is 1. The number of nitrogens with two attached hydrogens (primary N) is 1. The Balaban J connectivity index is 2.81. The molecule has 0 bridgehead atoms. The van der Waals surface area contributed by atoms with Gasteiger partial charge in [0.15, 0.2) is 0 Å². The first-order valence-electron chi connectivity index (χ1n) is 4.12. The summed E-state index contributed by atoms with van der Waals surface area (Å²) in [6.07, 6.45) is -1.19. The molecule has 0 aliphatic rings. The fourth-order valence-corrected chi connectivity index (χ4v) is 1.65. The Morgan fingerprint density at radius 1 is 1.44 bits per heavy atom. The third-order valence-corrected chi connectivity index (χ3v) is 2.36. The quantitative estimate of drug-likeness (QED) is 0.525. The van der Waals surface area contributed by atoms with E-state index in [4.69, 9.17) is 5.73 Å². The zero-order chi connectivity index (χ0) is 12.1. The number of amides is 3. The Kier molecular flexibility index (Phi) is 3.84. The van der Waals surface area contributed by atoms with E-state index in [1.54, 1.807) is 5.38 Å². The van der Waals surface area contributed by atoms with Gasteiger partial charge in [0.1, 0.15) is 5.00 Å². The van der Waals surface area contributed by atoms with Gasteiger partial charge in [-0.05, 0) is 11.4 Å². The van der Waals surface area contributed by atoms with Crippen molar-refractivity contribution in [2.24, 2.45) is 5.73 Å². The van der Waals surface area contributed by atoms with E-state index < -0.39 is 18.1 Å². The summed E-state index contributed by atoms with van der Waals surface area (Å²) < 4.78 is 4.19. The summed E-state index contributed by atoms with van der Waals surface area (Å²) in [6.45, 7) is 0. The molecule has 3 amide bonds. The van der Waals surface area contributed by atoms with Gasteiger partial charge in [-0.25, -0.2) is 14.4 Å². The molecule has 0 aliphatic heterocycles. The summed E-state index contributed by atoms with van der Waals surface area (Å²) >= 11 is 1.12. The summed E-state index contributed by atoms with van der Waals surface area (Å²) in [4.78, 5) is 32.7. The van der Waals surface area contributed by atoms with Crippen LogP contribution in [-0.2, 0) is 4.74 Å². The fraction of sp³-hybridized carbons (Fsp3) is 0.125. The van der Waals surface area contributed by atoms with Crippen LogP contribution in [0.25, 0.3) is 0 Å². The van der Waals surface area contributed by atoms with Gasteiger partial charge in [-0.1, -0.05) is 0 Å². The van der Waals surface area contributed by atoms with Crippen LogP contribution in [0.4, 0.5) is 14.6 Å². The van der Waals surface area contributed by atoms with Crippen LogP contribution in [0.2, 0.25) is 0 Å². The lowest BCUT2D eigenvalue weighted by molar-refractivity contribution is 0.0640. The second-order valence-corrected chi connectivity index (χ2v) is 3.49. The highest BCUT2D eigenvalue weighted by Gasteiger charge is 2.17. The molecule has 8 heteroatoms. The van der Waals surface area contributed by atoms with Gasteiger partial charge in [-0.15, -0.1) is 11.3 Å². The molecule has 1 aromatic heterocycles. The summed E-state index contributed by atoms with van der Waals surface area (Å²) in [5, 5.41) is 6.59. The van der Waals surface area contributed by atoms with Crippen molar-refractivity contribution in [2.75, 3.05) is 12.4 Å². The molecule has 16 heavy (non-hydrogen) atoms. The predicted octanol–water partition coefficient (Wildman–Crippen LogP) is 0.735. The van der Waals surface area contributed by atoms with E-state index in [1.165, 1.54) is 13.1 Å². The number of primary amides is 1. The van der Waals surface area contributed by atoms with Crippen molar-refractivity contribution >= 4 is 34.4 Å². The standard InChI is InChI=1S/C8H9N3O4S/c1-10-8(14)11-5-4(2-3-16-5)6(12)15-7(9)13/h2-3H,1H3,(H2,9,13)(H2,10,11,14). The molecular weight excluding hydrogens is 234 g/mol. The molecular formula is C8H9N3O4S. The molecule has 0 unspecified atom stereocenters. The molecule has 0 radical (unpaired) electrons. The molecule has 0 spiro atoms. The van der Waals surface area contributed by atoms with Gasteiger partial charge >= 0.3 is 18.1 Å². The smallest absolute Gasteiger partial charge is 0.373 e. The molecule has 7 nitrogen and oxygen atoms in total. The molecule has 1 heterocycles. The average Bonchev–Trinajstić information content (AvgIpc) is 2.64. The molecule has 1 aromatic rings. The Morgan fingerprint density at radius 2 is 2.12 bits per heavy atom. The predicted molar refractivity (Wildman–Crippen MR) is 57.4 cm³/mol. The largest absolute Gasteiger partial charge is 0.412 e. The maximum Gasteiger partial charge on any atom is 0.412 e. The van der Waals surface area contributed by atoms with Gasteiger partial charge < -0.3 is 15.8 Å². The minimum atomic E-state index is -1.19. The van der Waals surface area contributed by atoms with Crippen LogP contribution in [0, 0.1) is 0 Å². The lowest BCUT2D eigenvalue weighted by atomic mass is 10.3. The monoisotopic (exact) mass is 243 g/mol. The number of esters is 1. The number of anilines is 1. The zero-order valence-electron chi connectivity index (χ0n) is 8.27. The minimum absolute atomic E-state index is 0.0763. The van der Waals surface area contributed by atoms with Gasteiger partial charge in [0, 0.05) is 7.05 Å². The lowest BCUT2D eigenvalue weighted by Gasteiger charge is -2.03. The van der Waals surface area contributed by atoms with E-state index in [2.05, 4.69) is 15.4 Å². The van der Waals surface area contributed by atoms with Crippen LogP contribution in [0.1, 0.15) is 10.4 Å².